The topological polar surface area (TPSA) is 77.2 Å². The molecule has 3 N–H and O–H groups in total. The molecule has 15 heavy (non-hydrogen) atoms. The number of aryl methyl sites for hydroxylation is 1. The first kappa shape index (κ1) is 10.4. The van der Waals surface area contributed by atoms with E-state index in [1.165, 1.54) is 11.3 Å². The van der Waals surface area contributed by atoms with Crippen molar-refractivity contribution >= 4 is 22.4 Å². The molecule has 1 aliphatic heterocycles. The van der Waals surface area contributed by atoms with Crippen LogP contribution in [-0.4, -0.2) is 30.1 Å². The molecule has 0 aromatic carbocycles. The van der Waals surface area contributed by atoms with Gasteiger partial charge in [-0.2, -0.15) is 0 Å². The van der Waals surface area contributed by atoms with Crippen LogP contribution in [0.25, 0.3) is 0 Å². The van der Waals surface area contributed by atoms with Gasteiger partial charge in [0.05, 0.1) is 18.3 Å². The Morgan fingerprint density at radius 1 is 1.73 bits per heavy atom. The van der Waals surface area contributed by atoms with Crippen molar-refractivity contribution in [2.24, 2.45) is 0 Å². The summed E-state index contributed by atoms with van der Waals surface area (Å²) in [5.41, 5.74) is 6.22. The normalized spacial score (nSPS) is 20.5. The molecule has 0 saturated carbocycles. The standard InChI is InChI=1S/C9H13N3O2S/c1-5-7(15-9(10)11-5)8(13)12-6-2-3-14-4-6/h6H,2-4H2,1H3,(H2,10,11)(H,12,13). The maximum atomic E-state index is 11.8. The second-order valence-corrected chi connectivity index (χ2v) is 4.53. The Balaban J connectivity index is 2.03. The molecule has 1 unspecified atom stereocenters. The number of nitrogens with one attached hydrogen (secondary N) is 1. The van der Waals surface area contributed by atoms with Crippen LogP contribution in [0.3, 0.4) is 0 Å². The predicted octanol–water partition coefficient (Wildman–Crippen LogP) is 0.552. The summed E-state index contributed by atoms with van der Waals surface area (Å²) in [4.78, 5) is 16.4. The molecule has 1 amide bonds. The average Bonchev–Trinajstić information content (AvgIpc) is 2.75. The number of carbonyl (C=O) groups is 1. The van der Waals surface area contributed by atoms with E-state index in [0.717, 1.165) is 13.0 Å². The monoisotopic (exact) mass is 227 g/mol. The van der Waals surface area contributed by atoms with Crippen LogP contribution >= 0.6 is 11.3 Å². The summed E-state index contributed by atoms with van der Waals surface area (Å²) >= 11 is 1.22. The number of ether oxygens (including phenoxy) is 1. The summed E-state index contributed by atoms with van der Waals surface area (Å²) in [7, 11) is 0. The van der Waals surface area contributed by atoms with Gasteiger partial charge in [0.2, 0.25) is 0 Å². The highest BCUT2D eigenvalue weighted by Gasteiger charge is 2.21. The molecular formula is C9H13N3O2S. The minimum atomic E-state index is -0.0998. The first-order chi connectivity index (χ1) is 7.16. The second kappa shape index (κ2) is 4.16. The van der Waals surface area contributed by atoms with Crippen LogP contribution in [0, 0.1) is 6.92 Å². The van der Waals surface area contributed by atoms with Gasteiger partial charge < -0.3 is 15.8 Å². The molecule has 6 heteroatoms. The Kier molecular flexibility index (Phi) is 2.88. The third kappa shape index (κ3) is 2.27. The number of hydrogen-bond acceptors (Lipinski definition) is 5. The van der Waals surface area contributed by atoms with Crippen LogP contribution in [0.5, 0.6) is 0 Å². The van der Waals surface area contributed by atoms with E-state index >= 15 is 0 Å². The Bertz CT molecular complexity index is 371. The van der Waals surface area contributed by atoms with Gasteiger partial charge in [-0.3, -0.25) is 4.79 Å². The van der Waals surface area contributed by atoms with Crippen molar-refractivity contribution in [3.05, 3.63) is 10.6 Å². The van der Waals surface area contributed by atoms with Crippen molar-refractivity contribution in [1.82, 2.24) is 10.3 Å². The lowest BCUT2D eigenvalue weighted by Crippen LogP contribution is -2.34. The van der Waals surface area contributed by atoms with Gasteiger partial charge in [-0.05, 0) is 13.3 Å². The Labute approximate surface area is 91.6 Å². The van der Waals surface area contributed by atoms with Crippen molar-refractivity contribution in [3.8, 4) is 0 Å². The van der Waals surface area contributed by atoms with Gasteiger partial charge in [0.25, 0.3) is 5.91 Å². The predicted molar refractivity (Wildman–Crippen MR) is 58.0 cm³/mol. The van der Waals surface area contributed by atoms with Gasteiger partial charge in [0.1, 0.15) is 4.88 Å². The van der Waals surface area contributed by atoms with E-state index in [9.17, 15) is 4.79 Å². The van der Waals surface area contributed by atoms with Crippen LogP contribution in [0.1, 0.15) is 21.8 Å². The highest BCUT2D eigenvalue weighted by atomic mass is 32.1. The maximum Gasteiger partial charge on any atom is 0.263 e. The first-order valence-electron chi connectivity index (χ1n) is 4.78. The van der Waals surface area contributed by atoms with Crippen molar-refractivity contribution in [1.29, 1.82) is 0 Å². The van der Waals surface area contributed by atoms with Crippen LogP contribution in [0.2, 0.25) is 0 Å². The summed E-state index contributed by atoms with van der Waals surface area (Å²) in [6.07, 6.45) is 0.874. The van der Waals surface area contributed by atoms with E-state index in [2.05, 4.69) is 10.3 Å². The van der Waals surface area contributed by atoms with Crippen molar-refractivity contribution in [2.75, 3.05) is 18.9 Å². The molecule has 1 saturated heterocycles. The van der Waals surface area contributed by atoms with Gasteiger partial charge in [-0.1, -0.05) is 11.3 Å². The highest BCUT2D eigenvalue weighted by molar-refractivity contribution is 7.17. The molecule has 1 fully saturated rings. The number of rotatable bonds is 2. The number of hydrogen-bond donors (Lipinski definition) is 2. The van der Waals surface area contributed by atoms with E-state index in [0.29, 0.717) is 22.3 Å². The number of aromatic nitrogens is 1. The average molecular weight is 227 g/mol. The molecule has 5 nitrogen and oxygen atoms in total. The number of amides is 1. The van der Waals surface area contributed by atoms with Crippen molar-refractivity contribution in [3.63, 3.8) is 0 Å². The number of anilines is 1. The Morgan fingerprint density at radius 3 is 3.07 bits per heavy atom. The third-order valence-electron chi connectivity index (χ3n) is 2.28. The fraction of sp³-hybridized carbons (Fsp3) is 0.556. The lowest BCUT2D eigenvalue weighted by molar-refractivity contribution is 0.0933. The van der Waals surface area contributed by atoms with Gasteiger partial charge in [-0.15, -0.1) is 0 Å². The minimum Gasteiger partial charge on any atom is -0.379 e. The SMILES string of the molecule is Cc1nc(N)sc1C(=O)NC1CCOC1. The molecule has 2 rings (SSSR count). The zero-order valence-corrected chi connectivity index (χ0v) is 9.26. The lowest BCUT2D eigenvalue weighted by Gasteiger charge is -2.09. The fourth-order valence-electron chi connectivity index (χ4n) is 1.53. The maximum absolute atomic E-state index is 11.8. The molecule has 0 aliphatic carbocycles. The molecule has 1 atom stereocenters. The number of nitrogen functional groups attached to an aromatic ring is 1. The van der Waals surface area contributed by atoms with Crippen LogP contribution in [0.4, 0.5) is 5.13 Å². The van der Waals surface area contributed by atoms with Gasteiger partial charge >= 0.3 is 0 Å². The molecule has 0 radical (unpaired) electrons. The third-order valence-corrected chi connectivity index (χ3v) is 3.27. The molecule has 1 aliphatic rings. The molecule has 1 aromatic rings. The summed E-state index contributed by atoms with van der Waals surface area (Å²) in [6, 6.07) is 0.125. The van der Waals surface area contributed by atoms with Crippen LogP contribution in [0.15, 0.2) is 0 Å². The summed E-state index contributed by atoms with van der Waals surface area (Å²) in [5, 5.41) is 3.33. The summed E-state index contributed by atoms with van der Waals surface area (Å²) < 4.78 is 5.18. The van der Waals surface area contributed by atoms with E-state index < -0.39 is 0 Å². The lowest BCUT2D eigenvalue weighted by atomic mass is 10.2. The van der Waals surface area contributed by atoms with Crippen LogP contribution < -0.4 is 11.1 Å². The molecular weight excluding hydrogens is 214 g/mol. The van der Waals surface area contributed by atoms with Gasteiger partial charge in [-0.25, -0.2) is 4.98 Å². The summed E-state index contributed by atoms with van der Waals surface area (Å²) in [6.45, 7) is 3.10. The molecule has 1 aromatic heterocycles. The number of thiazole rings is 1. The fourth-order valence-corrected chi connectivity index (χ4v) is 2.26. The van der Waals surface area contributed by atoms with Crippen molar-refractivity contribution < 1.29 is 9.53 Å². The smallest absolute Gasteiger partial charge is 0.263 e. The number of nitrogens with two attached hydrogens (primary N) is 1. The van der Waals surface area contributed by atoms with E-state index in [1.54, 1.807) is 6.92 Å². The molecule has 2 heterocycles. The van der Waals surface area contributed by atoms with E-state index in [-0.39, 0.29) is 11.9 Å². The van der Waals surface area contributed by atoms with Crippen LogP contribution in [-0.2, 0) is 4.74 Å². The van der Waals surface area contributed by atoms with Gasteiger partial charge in [0, 0.05) is 6.61 Å². The first-order valence-corrected chi connectivity index (χ1v) is 5.60. The number of carbonyl (C=O) groups excluding carboxylic acids is 1. The largest absolute Gasteiger partial charge is 0.379 e. The Hall–Kier alpha value is -1.14. The highest BCUT2D eigenvalue weighted by Crippen LogP contribution is 2.19. The number of nitrogens with zero attached hydrogens (tertiary/aromatic N) is 1. The summed E-state index contributed by atoms with van der Waals surface area (Å²) in [5.74, 6) is -0.0998. The molecule has 0 spiro atoms. The van der Waals surface area contributed by atoms with E-state index in [1.807, 2.05) is 0 Å². The Morgan fingerprint density at radius 2 is 2.53 bits per heavy atom. The zero-order chi connectivity index (χ0) is 10.8. The van der Waals surface area contributed by atoms with E-state index in [4.69, 9.17) is 10.5 Å². The molecule has 0 bridgehead atoms. The van der Waals surface area contributed by atoms with Gasteiger partial charge in [0.15, 0.2) is 5.13 Å². The van der Waals surface area contributed by atoms with Crippen molar-refractivity contribution in [2.45, 2.75) is 19.4 Å². The second-order valence-electron chi connectivity index (χ2n) is 3.50. The zero-order valence-electron chi connectivity index (χ0n) is 8.45. The quantitative estimate of drug-likeness (QED) is 0.773. The molecule has 82 valence electrons. The minimum absolute atomic E-state index is 0.0998.